The third kappa shape index (κ3) is 3.24. The second kappa shape index (κ2) is 5.99. The summed E-state index contributed by atoms with van der Waals surface area (Å²) in [5.74, 6) is 0.623. The third-order valence-corrected chi connectivity index (χ3v) is 3.51. The van der Waals surface area contributed by atoms with Crippen molar-refractivity contribution in [2.24, 2.45) is 10.7 Å². The highest BCUT2D eigenvalue weighted by atomic mass is 19.4. The number of aromatic nitrogens is 2. The van der Waals surface area contributed by atoms with E-state index in [2.05, 4.69) is 15.0 Å². The zero-order valence-electron chi connectivity index (χ0n) is 12.7. The van der Waals surface area contributed by atoms with Crippen LogP contribution in [0.4, 0.5) is 13.2 Å². The highest BCUT2D eigenvalue weighted by Gasteiger charge is 2.32. The minimum atomic E-state index is -4.48. The van der Waals surface area contributed by atoms with Gasteiger partial charge in [0.05, 0.1) is 25.0 Å². The lowest BCUT2D eigenvalue weighted by Crippen LogP contribution is -2.36. The van der Waals surface area contributed by atoms with Crippen LogP contribution in [0.25, 0.3) is 5.70 Å². The molecule has 0 spiro atoms. The Hall–Kier alpha value is -2.84. The number of hydrogen-bond acceptors (Lipinski definition) is 6. The lowest BCUT2D eigenvalue weighted by atomic mass is 10.2. The average molecular weight is 337 g/mol. The molecule has 2 N–H and O–H groups in total. The first-order chi connectivity index (χ1) is 11.3. The number of amidine groups is 1. The molecule has 0 radical (unpaired) electrons. The van der Waals surface area contributed by atoms with Gasteiger partial charge in [0.2, 0.25) is 5.89 Å². The maximum atomic E-state index is 12.8. The van der Waals surface area contributed by atoms with Gasteiger partial charge in [0.1, 0.15) is 23.5 Å². The van der Waals surface area contributed by atoms with E-state index in [9.17, 15) is 13.2 Å². The van der Waals surface area contributed by atoms with E-state index in [0.717, 1.165) is 6.07 Å². The van der Waals surface area contributed by atoms with Crippen molar-refractivity contribution >= 4 is 11.5 Å². The van der Waals surface area contributed by atoms with Gasteiger partial charge in [-0.2, -0.15) is 13.2 Å². The normalized spacial score (nSPS) is 15.7. The number of rotatable bonds is 3. The fourth-order valence-electron chi connectivity index (χ4n) is 2.36. The zero-order chi connectivity index (χ0) is 17.3. The van der Waals surface area contributed by atoms with E-state index in [4.69, 9.17) is 10.2 Å². The Bertz CT molecular complexity index is 796. The number of aliphatic imine (C=N–C) groups is 1. The van der Waals surface area contributed by atoms with E-state index < -0.39 is 11.9 Å². The van der Waals surface area contributed by atoms with Crippen molar-refractivity contribution in [2.45, 2.75) is 19.6 Å². The van der Waals surface area contributed by atoms with Crippen molar-refractivity contribution in [3.05, 3.63) is 53.6 Å². The van der Waals surface area contributed by atoms with Gasteiger partial charge in [0.25, 0.3) is 0 Å². The summed E-state index contributed by atoms with van der Waals surface area (Å²) in [5.41, 5.74) is 6.36. The van der Waals surface area contributed by atoms with Gasteiger partial charge in [-0.1, -0.05) is 6.07 Å². The molecule has 1 aliphatic heterocycles. The van der Waals surface area contributed by atoms with E-state index >= 15 is 0 Å². The van der Waals surface area contributed by atoms with Gasteiger partial charge in [-0.3, -0.25) is 0 Å². The van der Waals surface area contributed by atoms with Crippen molar-refractivity contribution in [3.63, 3.8) is 0 Å². The van der Waals surface area contributed by atoms with Gasteiger partial charge in [0, 0.05) is 5.70 Å². The van der Waals surface area contributed by atoms with Crippen LogP contribution >= 0.6 is 0 Å². The van der Waals surface area contributed by atoms with Crippen molar-refractivity contribution in [2.75, 3.05) is 6.54 Å². The molecule has 0 atom stereocenters. The minimum Gasteiger partial charge on any atom is -0.443 e. The van der Waals surface area contributed by atoms with Crippen LogP contribution in [0.5, 0.6) is 0 Å². The van der Waals surface area contributed by atoms with Crippen LogP contribution in [0.2, 0.25) is 0 Å². The number of nitrogens with two attached hydrogens (primary N) is 1. The molecule has 3 heterocycles. The van der Waals surface area contributed by atoms with Crippen molar-refractivity contribution in [3.8, 4) is 0 Å². The summed E-state index contributed by atoms with van der Waals surface area (Å²) < 4.78 is 43.6. The quantitative estimate of drug-likeness (QED) is 0.931. The number of alkyl halides is 3. The van der Waals surface area contributed by atoms with Gasteiger partial charge in [-0.05, 0) is 19.1 Å². The van der Waals surface area contributed by atoms with E-state index in [1.807, 2.05) is 0 Å². The molecule has 0 fully saturated rings. The smallest absolute Gasteiger partial charge is 0.433 e. The van der Waals surface area contributed by atoms with Crippen LogP contribution in [-0.4, -0.2) is 27.2 Å². The Balaban J connectivity index is 1.89. The molecular weight excluding hydrogens is 323 g/mol. The minimum absolute atomic E-state index is 0.163. The molecule has 1 aliphatic rings. The molecule has 9 heteroatoms. The van der Waals surface area contributed by atoms with Crippen LogP contribution in [0.1, 0.15) is 24.2 Å². The summed E-state index contributed by atoms with van der Waals surface area (Å²) in [4.78, 5) is 13.7. The fraction of sp³-hybridized carbons (Fsp3) is 0.267. The summed E-state index contributed by atoms with van der Waals surface area (Å²) in [6.07, 6.45) is -1.59. The molecule has 0 amide bonds. The van der Waals surface area contributed by atoms with E-state index in [1.54, 1.807) is 11.8 Å². The Labute approximate surface area is 135 Å². The highest BCUT2D eigenvalue weighted by Crippen LogP contribution is 2.29. The molecular formula is C15H14F3N5O. The Morgan fingerprint density at radius 1 is 1.33 bits per heavy atom. The van der Waals surface area contributed by atoms with Crippen LogP contribution in [0, 0.1) is 0 Å². The maximum Gasteiger partial charge on any atom is 0.433 e. The number of halogens is 3. The number of nitrogens with zero attached hydrogens (tertiary/aromatic N) is 4. The van der Waals surface area contributed by atoms with Crippen molar-refractivity contribution < 1.29 is 17.6 Å². The molecule has 0 aliphatic carbocycles. The summed E-state index contributed by atoms with van der Waals surface area (Å²) in [6, 6.07) is 3.81. The molecule has 0 bridgehead atoms. The van der Waals surface area contributed by atoms with E-state index in [-0.39, 0.29) is 18.8 Å². The average Bonchev–Trinajstić information content (AvgIpc) is 3.04. The van der Waals surface area contributed by atoms with Crippen LogP contribution in [0.3, 0.4) is 0 Å². The zero-order valence-corrected chi connectivity index (χ0v) is 12.7. The monoisotopic (exact) mass is 337 g/mol. The summed E-state index contributed by atoms with van der Waals surface area (Å²) >= 11 is 0. The first-order valence-corrected chi connectivity index (χ1v) is 7.06. The van der Waals surface area contributed by atoms with Crippen molar-refractivity contribution in [1.82, 2.24) is 14.9 Å². The number of oxazole rings is 1. The van der Waals surface area contributed by atoms with E-state index in [1.165, 1.54) is 24.6 Å². The number of allylic oxidation sites excluding steroid dienone is 1. The highest BCUT2D eigenvalue weighted by molar-refractivity contribution is 5.90. The topological polar surface area (TPSA) is 80.5 Å². The lowest BCUT2D eigenvalue weighted by Gasteiger charge is -2.29. The fourth-order valence-corrected chi connectivity index (χ4v) is 2.36. The Morgan fingerprint density at radius 3 is 2.79 bits per heavy atom. The second-order valence-electron chi connectivity index (χ2n) is 5.24. The molecule has 0 saturated heterocycles. The molecule has 2 aromatic rings. The summed E-state index contributed by atoms with van der Waals surface area (Å²) in [7, 11) is 0. The Kier molecular flexibility index (Phi) is 4.00. The first-order valence-electron chi connectivity index (χ1n) is 7.06. The lowest BCUT2D eigenvalue weighted by molar-refractivity contribution is -0.141. The molecule has 2 aromatic heterocycles. The van der Waals surface area contributed by atoms with Gasteiger partial charge >= 0.3 is 6.18 Å². The largest absolute Gasteiger partial charge is 0.443 e. The summed E-state index contributed by atoms with van der Waals surface area (Å²) in [5, 5.41) is 0. The van der Waals surface area contributed by atoms with Gasteiger partial charge in [0.15, 0.2) is 0 Å². The predicted molar refractivity (Wildman–Crippen MR) is 80.4 cm³/mol. The molecule has 0 aromatic carbocycles. The van der Waals surface area contributed by atoms with Crippen molar-refractivity contribution in [1.29, 1.82) is 0 Å². The first kappa shape index (κ1) is 16.0. The van der Waals surface area contributed by atoms with Crippen LogP contribution < -0.4 is 5.73 Å². The SMILES string of the molecule is CC1=C(c2ncco2)N=C(N)CN1Cc1cccc(C(F)(F)F)n1. The van der Waals surface area contributed by atoms with Crippen LogP contribution in [0.15, 0.2) is 45.8 Å². The molecule has 3 rings (SSSR count). The number of hydrogen-bond donors (Lipinski definition) is 1. The third-order valence-electron chi connectivity index (χ3n) is 3.51. The summed E-state index contributed by atoms with van der Waals surface area (Å²) in [6.45, 7) is 2.23. The molecule has 126 valence electrons. The van der Waals surface area contributed by atoms with Crippen LogP contribution in [-0.2, 0) is 12.7 Å². The predicted octanol–water partition coefficient (Wildman–Crippen LogP) is 2.65. The Morgan fingerprint density at radius 2 is 2.12 bits per heavy atom. The van der Waals surface area contributed by atoms with Gasteiger partial charge in [-0.25, -0.2) is 15.0 Å². The van der Waals surface area contributed by atoms with E-state index in [0.29, 0.717) is 23.1 Å². The van der Waals surface area contributed by atoms with Gasteiger partial charge in [-0.15, -0.1) is 0 Å². The number of pyridine rings is 1. The molecule has 0 saturated carbocycles. The molecule has 24 heavy (non-hydrogen) atoms. The second-order valence-corrected chi connectivity index (χ2v) is 5.24. The van der Waals surface area contributed by atoms with Gasteiger partial charge < -0.3 is 15.1 Å². The molecule has 6 nitrogen and oxygen atoms in total. The molecule has 0 unspecified atom stereocenters. The standard InChI is InChI=1S/C15H14F3N5O/c1-9-13(14-20-5-6-24-14)22-12(19)8-23(9)7-10-3-2-4-11(21-10)15(16,17)18/h2-6H,7-8H2,1H3,(H2,19,22). The maximum absolute atomic E-state index is 12.8.